The van der Waals surface area contributed by atoms with Crippen molar-refractivity contribution in [3.8, 4) is 11.5 Å². The fraction of sp³-hybridized carbons (Fsp3) is 0.714. The first kappa shape index (κ1) is 20.4. The average Bonchev–Trinajstić information content (AvgIpc) is 2.70. The summed E-state index contributed by atoms with van der Waals surface area (Å²) in [7, 11) is 3.91. The third-order valence-electron chi connectivity index (χ3n) is 5.53. The van der Waals surface area contributed by atoms with E-state index in [0.717, 1.165) is 50.8 Å². The van der Waals surface area contributed by atoms with Crippen molar-refractivity contribution in [3.63, 3.8) is 0 Å². The molecule has 0 bridgehead atoms. The van der Waals surface area contributed by atoms with Crippen LogP contribution in [0.5, 0.6) is 11.5 Å². The van der Waals surface area contributed by atoms with Crippen LogP contribution in [-0.2, 0) is 11.2 Å². The summed E-state index contributed by atoms with van der Waals surface area (Å²) in [4.78, 5) is 7.36. The number of rotatable bonds is 9. The van der Waals surface area contributed by atoms with Gasteiger partial charge >= 0.3 is 0 Å². The van der Waals surface area contributed by atoms with E-state index in [2.05, 4.69) is 33.9 Å². The minimum Gasteiger partial charge on any atom is -0.493 e. The van der Waals surface area contributed by atoms with Crippen molar-refractivity contribution in [3.05, 3.63) is 23.8 Å². The zero-order valence-electron chi connectivity index (χ0n) is 17.0. The lowest BCUT2D eigenvalue weighted by Gasteiger charge is -2.32. The van der Waals surface area contributed by atoms with Crippen LogP contribution in [0, 0.1) is 0 Å². The molecule has 2 aliphatic heterocycles. The van der Waals surface area contributed by atoms with E-state index in [1.165, 1.54) is 44.7 Å². The Kier molecular flexibility index (Phi) is 8.20. The van der Waals surface area contributed by atoms with E-state index in [1.807, 2.05) is 6.07 Å². The standard InChI is InChI=1S/C21H35N3O3/c1-22-8-10-23(11-9-22)7-3-4-19-5-6-20(25-2)21(18-19)27-17-14-24-12-15-26-16-13-24/h5-6,18H,3-4,7-17H2,1-2H3. The maximum absolute atomic E-state index is 6.06. The molecule has 2 aliphatic rings. The van der Waals surface area contributed by atoms with Gasteiger partial charge < -0.3 is 24.0 Å². The summed E-state index contributed by atoms with van der Waals surface area (Å²) in [5.74, 6) is 1.68. The topological polar surface area (TPSA) is 37.4 Å². The Morgan fingerprint density at radius 2 is 1.67 bits per heavy atom. The fourth-order valence-electron chi connectivity index (χ4n) is 3.68. The highest BCUT2D eigenvalue weighted by molar-refractivity contribution is 5.43. The molecule has 0 aromatic heterocycles. The molecular formula is C21H35N3O3. The van der Waals surface area contributed by atoms with E-state index < -0.39 is 0 Å². The summed E-state index contributed by atoms with van der Waals surface area (Å²) >= 11 is 0. The van der Waals surface area contributed by atoms with Gasteiger partial charge in [-0.2, -0.15) is 0 Å². The van der Waals surface area contributed by atoms with Crippen molar-refractivity contribution in [2.24, 2.45) is 0 Å². The van der Waals surface area contributed by atoms with Gasteiger partial charge in [0.05, 0.1) is 20.3 Å². The van der Waals surface area contributed by atoms with Crippen LogP contribution < -0.4 is 9.47 Å². The number of morpholine rings is 1. The molecule has 6 nitrogen and oxygen atoms in total. The Bertz CT molecular complexity index is 556. The highest BCUT2D eigenvalue weighted by atomic mass is 16.5. The average molecular weight is 378 g/mol. The van der Waals surface area contributed by atoms with E-state index in [1.54, 1.807) is 7.11 Å². The van der Waals surface area contributed by atoms with Crippen LogP contribution in [0.3, 0.4) is 0 Å². The molecule has 1 aromatic carbocycles. The molecule has 6 heteroatoms. The van der Waals surface area contributed by atoms with E-state index >= 15 is 0 Å². The second kappa shape index (κ2) is 10.9. The molecular weight excluding hydrogens is 342 g/mol. The first-order chi connectivity index (χ1) is 13.2. The van der Waals surface area contributed by atoms with Crippen molar-refractivity contribution in [1.29, 1.82) is 0 Å². The zero-order chi connectivity index (χ0) is 18.9. The van der Waals surface area contributed by atoms with Gasteiger partial charge in [0.2, 0.25) is 0 Å². The number of methoxy groups -OCH3 is 1. The van der Waals surface area contributed by atoms with Gasteiger partial charge in [-0.15, -0.1) is 0 Å². The molecule has 2 fully saturated rings. The molecule has 1 aromatic rings. The van der Waals surface area contributed by atoms with E-state index in [4.69, 9.17) is 14.2 Å². The van der Waals surface area contributed by atoms with Crippen LogP contribution in [0.2, 0.25) is 0 Å². The number of likely N-dealkylation sites (N-methyl/N-ethyl adjacent to an activating group) is 1. The Morgan fingerprint density at radius 1 is 0.926 bits per heavy atom. The SMILES string of the molecule is COc1ccc(CCCN2CCN(C)CC2)cc1OCCN1CCOCC1. The van der Waals surface area contributed by atoms with E-state index in [0.29, 0.717) is 6.61 Å². The molecule has 2 heterocycles. The smallest absolute Gasteiger partial charge is 0.161 e. The summed E-state index contributed by atoms with van der Waals surface area (Å²) in [5, 5.41) is 0. The predicted octanol–water partition coefficient (Wildman–Crippen LogP) is 1.59. The van der Waals surface area contributed by atoms with Crippen LogP contribution in [0.1, 0.15) is 12.0 Å². The first-order valence-electron chi connectivity index (χ1n) is 10.3. The van der Waals surface area contributed by atoms with Gasteiger partial charge in [-0.25, -0.2) is 0 Å². The van der Waals surface area contributed by atoms with Crippen LogP contribution >= 0.6 is 0 Å². The number of nitrogens with zero attached hydrogens (tertiary/aromatic N) is 3. The number of hydrogen-bond donors (Lipinski definition) is 0. The molecule has 27 heavy (non-hydrogen) atoms. The van der Waals surface area contributed by atoms with Crippen LogP contribution in [0.15, 0.2) is 18.2 Å². The minimum atomic E-state index is 0.682. The maximum Gasteiger partial charge on any atom is 0.161 e. The quantitative estimate of drug-likeness (QED) is 0.651. The lowest BCUT2D eigenvalue weighted by Crippen LogP contribution is -2.44. The molecule has 0 atom stereocenters. The van der Waals surface area contributed by atoms with Crippen LogP contribution in [0.25, 0.3) is 0 Å². The predicted molar refractivity (Wildman–Crippen MR) is 108 cm³/mol. The zero-order valence-corrected chi connectivity index (χ0v) is 17.0. The number of piperazine rings is 1. The second-order valence-electron chi connectivity index (χ2n) is 7.54. The Labute approximate surface area is 164 Å². The highest BCUT2D eigenvalue weighted by Gasteiger charge is 2.14. The van der Waals surface area contributed by atoms with Gasteiger partial charge in [-0.3, -0.25) is 4.90 Å². The fourth-order valence-corrected chi connectivity index (χ4v) is 3.68. The summed E-state index contributed by atoms with van der Waals surface area (Å²) in [6.07, 6.45) is 2.26. The number of benzene rings is 1. The molecule has 2 saturated heterocycles. The van der Waals surface area contributed by atoms with Crippen molar-refractivity contribution in [2.45, 2.75) is 12.8 Å². The molecule has 3 rings (SSSR count). The molecule has 0 unspecified atom stereocenters. The summed E-state index contributed by atoms with van der Waals surface area (Å²) < 4.78 is 16.9. The molecule has 0 spiro atoms. The van der Waals surface area contributed by atoms with Gasteiger partial charge in [-0.1, -0.05) is 6.07 Å². The molecule has 0 radical (unpaired) electrons. The number of ether oxygens (including phenoxy) is 3. The monoisotopic (exact) mass is 377 g/mol. The Morgan fingerprint density at radius 3 is 2.41 bits per heavy atom. The number of hydrogen-bond acceptors (Lipinski definition) is 6. The normalized spacial score (nSPS) is 19.9. The summed E-state index contributed by atoms with van der Waals surface area (Å²) in [6.45, 7) is 11.2. The summed E-state index contributed by atoms with van der Waals surface area (Å²) in [6, 6.07) is 6.36. The summed E-state index contributed by atoms with van der Waals surface area (Å²) in [5.41, 5.74) is 1.33. The van der Waals surface area contributed by atoms with E-state index in [-0.39, 0.29) is 0 Å². The maximum atomic E-state index is 6.06. The second-order valence-corrected chi connectivity index (χ2v) is 7.54. The highest BCUT2D eigenvalue weighted by Crippen LogP contribution is 2.28. The van der Waals surface area contributed by atoms with Crippen molar-refractivity contribution >= 4 is 0 Å². The third-order valence-corrected chi connectivity index (χ3v) is 5.53. The Hall–Kier alpha value is -1.34. The van der Waals surface area contributed by atoms with Gasteiger partial charge in [0.1, 0.15) is 6.61 Å². The van der Waals surface area contributed by atoms with Gasteiger partial charge in [0, 0.05) is 45.8 Å². The number of aryl methyl sites for hydroxylation is 1. The van der Waals surface area contributed by atoms with Crippen molar-refractivity contribution < 1.29 is 14.2 Å². The van der Waals surface area contributed by atoms with Crippen LogP contribution in [0.4, 0.5) is 0 Å². The third kappa shape index (κ3) is 6.64. The lowest BCUT2D eigenvalue weighted by atomic mass is 10.1. The van der Waals surface area contributed by atoms with Crippen molar-refractivity contribution in [1.82, 2.24) is 14.7 Å². The van der Waals surface area contributed by atoms with Gasteiger partial charge in [0.25, 0.3) is 0 Å². The largest absolute Gasteiger partial charge is 0.493 e. The van der Waals surface area contributed by atoms with Crippen molar-refractivity contribution in [2.75, 3.05) is 86.3 Å². The lowest BCUT2D eigenvalue weighted by molar-refractivity contribution is 0.0321. The van der Waals surface area contributed by atoms with Gasteiger partial charge in [-0.05, 0) is 44.1 Å². The molecule has 0 saturated carbocycles. The molecule has 0 N–H and O–H groups in total. The van der Waals surface area contributed by atoms with Crippen LogP contribution in [-0.4, -0.2) is 101 Å². The van der Waals surface area contributed by atoms with Gasteiger partial charge in [0.15, 0.2) is 11.5 Å². The minimum absolute atomic E-state index is 0.682. The first-order valence-corrected chi connectivity index (χ1v) is 10.3. The molecule has 0 aliphatic carbocycles. The molecule has 152 valence electrons. The van der Waals surface area contributed by atoms with E-state index in [9.17, 15) is 0 Å². The Balaban J connectivity index is 1.44. The molecule has 0 amide bonds.